The zero-order valence-electron chi connectivity index (χ0n) is 7.37. The number of nitrogens with zero attached hydrogens (tertiary/aromatic N) is 1. The van der Waals surface area contributed by atoms with Gasteiger partial charge in [-0.05, 0) is 34.5 Å². The predicted octanol–water partition coefficient (Wildman–Crippen LogP) is 3.12. The third-order valence-corrected chi connectivity index (χ3v) is 4.56. The second-order valence-electron chi connectivity index (χ2n) is 3.24. The molecule has 1 aromatic rings. The number of likely N-dealkylation sites (tertiary alicyclic amines) is 1. The fraction of sp³-hybridized carbons (Fsp3) is 0.444. The quantitative estimate of drug-likeness (QED) is 0.720. The maximum Gasteiger partial charge on any atom is 0.263 e. The van der Waals surface area contributed by atoms with E-state index >= 15 is 0 Å². The number of carbonyl (C=O) groups is 1. The number of halogens is 2. The van der Waals surface area contributed by atoms with E-state index < -0.39 is 0 Å². The Bertz CT molecular complexity index is 352. The molecule has 1 amide bonds. The van der Waals surface area contributed by atoms with Gasteiger partial charge >= 0.3 is 0 Å². The summed E-state index contributed by atoms with van der Waals surface area (Å²) in [5.74, 6) is 0.155. The molecule has 2 rings (SSSR count). The normalized spacial score (nSPS) is 21.6. The minimum Gasteiger partial charge on any atom is -0.337 e. The van der Waals surface area contributed by atoms with Gasteiger partial charge in [-0.2, -0.15) is 0 Å². The summed E-state index contributed by atoms with van der Waals surface area (Å²) in [6.45, 7) is 1.69. The summed E-state index contributed by atoms with van der Waals surface area (Å²) in [5, 5.41) is 0. The number of hydrogen-bond acceptors (Lipinski definition) is 2. The average Bonchev–Trinajstić information content (AvgIpc) is 2.73. The van der Waals surface area contributed by atoms with E-state index in [1.807, 2.05) is 17.0 Å². The Hall–Kier alpha value is 0.130. The van der Waals surface area contributed by atoms with Gasteiger partial charge in [0.2, 0.25) is 0 Å². The van der Waals surface area contributed by atoms with Crippen LogP contribution in [-0.2, 0) is 0 Å². The topological polar surface area (TPSA) is 20.3 Å². The summed E-state index contributed by atoms with van der Waals surface area (Å²) in [6, 6.07) is 3.79. The standard InChI is InChI=1S/C9H9Br2NOS/c10-6-3-4-12(5-6)9(13)7-1-2-8(11)14-7/h1-2,6H,3-5H2. The van der Waals surface area contributed by atoms with Crippen molar-refractivity contribution in [1.82, 2.24) is 4.90 Å². The molecule has 76 valence electrons. The summed E-state index contributed by atoms with van der Waals surface area (Å²) in [6.07, 6.45) is 1.05. The van der Waals surface area contributed by atoms with Crippen molar-refractivity contribution in [2.24, 2.45) is 0 Å². The molecule has 1 saturated heterocycles. The third-order valence-electron chi connectivity index (χ3n) is 2.20. The lowest BCUT2D eigenvalue weighted by Crippen LogP contribution is -2.27. The molecule has 0 spiro atoms. The molecule has 2 nitrogen and oxygen atoms in total. The summed E-state index contributed by atoms with van der Waals surface area (Å²) in [5.41, 5.74) is 0. The van der Waals surface area contributed by atoms with E-state index in [2.05, 4.69) is 31.9 Å². The molecular formula is C9H9Br2NOS. The molecule has 0 aromatic carbocycles. The van der Waals surface area contributed by atoms with E-state index in [0.717, 1.165) is 28.2 Å². The van der Waals surface area contributed by atoms with Crippen molar-refractivity contribution in [2.45, 2.75) is 11.2 Å². The molecule has 1 aromatic heterocycles. The van der Waals surface area contributed by atoms with E-state index in [1.54, 1.807) is 0 Å². The third kappa shape index (κ3) is 2.20. The van der Waals surface area contributed by atoms with E-state index in [4.69, 9.17) is 0 Å². The molecular weight excluding hydrogens is 330 g/mol. The van der Waals surface area contributed by atoms with Crippen molar-refractivity contribution in [3.05, 3.63) is 20.8 Å². The van der Waals surface area contributed by atoms with Crippen LogP contribution >= 0.6 is 43.2 Å². The van der Waals surface area contributed by atoms with E-state index in [0.29, 0.717) is 4.83 Å². The molecule has 0 radical (unpaired) electrons. The monoisotopic (exact) mass is 337 g/mol. The van der Waals surface area contributed by atoms with Gasteiger partial charge in [-0.1, -0.05) is 15.9 Å². The van der Waals surface area contributed by atoms with Gasteiger partial charge in [0.25, 0.3) is 5.91 Å². The van der Waals surface area contributed by atoms with Crippen LogP contribution < -0.4 is 0 Å². The number of rotatable bonds is 1. The predicted molar refractivity (Wildman–Crippen MR) is 65.3 cm³/mol. The largest absolute Gasteiger partial charge is 0.337 e. The molecule has 1 aliphatic heterocycles. The Labute approximate surface area is 104 Å². The van der Waals surface area contributed by atoms with Crippen LogP contribution in [0, 0.1) is 0 Å². The molecule has 1 unspecified atom stereocenters. The summed E-state index contributed by atoms with van der Waals surface area (Å²) < 4.78 is 1.01. The molecule has 5 heteroatoms. The second-order valence-corrected chi connectivity index (χ2v) is 7.00. The number of hydrogen-bond donors (Lipinski definition) is 0. The van der Waals surface area contributed by atoms with E-state index in [1.165, 1.54) is 11.3 Å². The van der Waals surface area contributed by atoms with Gasteiger partial charge in [0, 0.05) is 17.9 Å². The fourth-order valence-electron chi connectivity index (χ4n) is 1.49. The molecule has 0 bridgehead atoms. The summed E-state index contributed by atoms with van der Waals surface area (Å²) in [7, 11) is 0. The smallest absolute Gasteiger partial charge is 0.263 e. The van der Waals surface area contributed by atoms with Gasteiger partial charge in [-0.3, -0.25) is 4.79 Å². The zero-order chi connectivity index (χ0) is 10.1. The molecule has 0 saturated carbocycles. The van der Waals surface area contributed by atoms with Crippen LogP contribution in [0.5, 0.6) is 0 Å². The Kier molecular flexibility index (Phi) is 3.29. The molecule has 0 aliphatic carbocycles. The lowest BCUT2D eigenvalue weighted by Gasteiger charge is -2.13. The molecule has 0 N–H and O–H groups in total. The molecule has 2 heterocycles. The highest BCUT2D eigenvalue weighted by molar-refractivity contribution is 9.11. The SMILES string of the molecule is O=C(c1ccc(Br)s1)N1CCC(Br)C1. The Morgan fingerprint density at radius 1 is 1.57 bits per heavy atom. The molecule has 14 heavy (non-hydrogen) atoms. The highest BCUT2D eigenvalue weighted by Gasteiger charge is 2.25. The van der Waals surface area contributed by atoms with Gasteiger partial charge in [0.15, 0.2) is 0 Å². The Morgan fingerprint density at radius 3 is 2.86 bits per heavy atom. The van der Waals surface area contributed by atoms with Crippen molar-refractivity contribution in [3.63, 3.8) is 0 Å². The van der Waals surface area contributed by atoms with Crippen LogP contribution in [0.4, 0.5) is 0 Å². The minimum absolute atomic E-state index is 0.155. The minimum atomic E-state index is 0.155. The van der Waals surface area contributed by atoms with Crippen LogP contribution in [0.1, 0.15) is 16.1 Å². The van der Waals surface area contributed by atoms with Crippen molar-refractivity contribution in [3.8, 4) is 0 Å². The lowest BCUT2D eigenvalue weighted by atomic mass is 10.4. The first kappa shape index (κ1) is 10.6. The van der Waals surface area contributed by atoms with Gasteiger partial charge < -0.3 is 4.90 Å². The number of alkyl halides is 1. The Morgan fingerprint density at radius 2 is 2.36 bits per heavy atom. The van der Waals surface area contributed by atoms with Crippen LogP contribution in [0.2, 0.25) is 0 Å². The van der Waals surface area contributed by atoms with Crippen LogP contribution in [-0.4, -0.2) is 28.7 Å². The highest BCUT2D eigenvalue weighted by Crippen LogP contribution is 2.25. The Balaban J connectivity index is 2.09. The van der Waals surface area contributed by atoms with Gasteiger partial charge in [-0.15, -0.1) is 11.3 Å². The van der Waals surface area contributed by atoms with Crippen LogP contribution in [0.15, 0.2) is 15.9 Å². The van der Waals surface area contributed by atoms with Gasteiger partial charge in [0.05, 0.1) is 8.66 Å². The van der Waals surface area contributed by atoms with E-state index in [9.17, 15) is 4.79 Å². The molecule has 1 fully saturated rings. The summed E-state index contributed by atoms with van der Waals surface area (Å²) >= 11 is 8.38. The molecule has 1 atom stereocenters. The van der Waals surface area contributed by atoms with E-state index in [-0.39, 0.29) is 5.91 Å². The maximum absolute atomic E-state index is 11.9. The number of amides is 1. The molecule has 1 aliphatic rings. The lowest BCUT2D eigenvalue weighted by molar-refractivity contribution is 0.0798. The first-order chi connectivity index (χ1) is 6.66. The van der Waals surface area contributed by atoms with Gasteiger partial charge in [-0.25, -0.2) is 0 Å². The number of thiophene rings is 1. The van der Waals surface area contributed by atoms with Crippen LogP contribution in [0.25, 0.3) is 0 Å². The highest BCUT2D eigenvalue weighted by atomic mass is 79.9. The first-order valence-electron chi connectivity index (χ1n) is 4.35. The van der Waals surface area contributed by atoms with Crippen molar-refractivity contribution < 1.29 is 4.79 Å². The average molecular weight is 339 g/mol. The number of carbonyl (C=O) groups excluding carboxylic acids is 1. The van der Waals surface area contributed by atoms with Crippen molar-refractivity contribution in [1.29, 1.82) is 0 Å². The maximum atomic E-state index is 11.9. The zero-order valence-corrected chi connectivity index (χ0v) is 11.4. The summed E-state index contributed by atoms with van der Waals surface area (Å²) in [4.78, 5) is 15.1. The first-order valence-corrected chi connectivity index (χ1v) is 6.88. The van der Waals surface area contributed by atoms with Crippen molar-refractivity contribution in [2.75, 3.05) is 13.1 Å². The fourth-order valence-corrected chi connectivity index (χ4v) is 3.40. The van der Waals surface area contributed by atoms with Gasteiger partial charge in [0.1, 0.15) is 0 Å². The van der Waals surface area contributed by atoms with Crippen LogP contribution in [0.3, 0.4) is 0 Å². The van der Waals surface area contributed by atoms with Crippen molar-refractivity contribution >= 4 is 49.1 Å². The second kappa shape index (κ2) is 4.33.